The molecule has 1 N–H and O–H groups in total. The molecule has 15 heavy (non-hydrogen) atoms. The molecule has 2 unspecified atom stereocenters. The summed E-state index contributed by atoms with van der Waals surface area (Å²) in [5.74, 6) is 0.764. The highest BCUT2D eigenvalue weighted by molar-refractivity contribution is 5.65. The van der Waals surface area contributed by atoms with Gasteiger partial charge in [0.05, 0.1) is 6.61 Å². The van der Waals surface area contributed by atoms with Crippen LogP contribution in [0.2, 0.25) is 0 Å². The highest BCUT2D eigenvalue weighted by atomic mass is 16.7. The summed E-state index contributed by atoms with van der Waals surface area (Å²) in [7, 11) is 0. The minimum absolute atomic E-state index is 0.135. The largest absolute Gasteiger partial charge is 0.371 e. The maximum atomic E-state index is 10.5. The molecule has 0 bridgehead atoms. The first-order valence-corrected chi connectivity index (χ1v) is 5.35. The standard InChI is InChI=1S/C10H14N2O3/c13-6-3-9-11-15-10-4-1-2-8(10)14-7-5-12(9)10/h3,6,8,11H,1-2,4-5,7H2. The van der Waals surface area contributed by atoms with Crippen molar-refractivity contribution >= 4 is 6.29 Å². The number of carbonyl (C=O) groups excluding carboxylic acids is 1. The van der Waals surface area contributed by atoms with Gasteiger partial charge in [0.25, 0.3) is 0 Å². The first kappa shape index (κ1) is 9.18. The van der Waals surface area contributed by atoms with Gasteiger partial charge in [-0.2, -0.15) is 0 Å². The maximum absolute atomic E-state index is 10.5. The minimum atomic E-state index is -0.354. The highest BCUT2D eigenvalue weighted by Gasteiger charge is 2.56. The van der Waals surface area contributed by atoms with Crippen LogP contribution < -0.4 is 5.48 Å². The molecule has 0 aromatic rings. The van der Waals surface area contributed by atoms with Gasteiger partial charge in [-0.05, 0) is 12.8 Å². The van der Waals surface area contributed by atoms with E-state index >= 15 is 0 Å². The van der Waals surface area contributed by atoms with Crippen LogP contribution in [0.3, 0.4) is 0 Å². The number of rotatable bonds is 1. The number of morpholine rings is 1. The van der Waals surface area contributed by atoms with Crippen molar-refractivity contribution in [3.8, 4) is 0 Å². The van der Waals surface area contributed by atoms with E-state index in [2.05, 4.69) is 10.4 Å². The van der Waals surface area contributed by atoms with Crippen molar-refractivity contribution in [3.05, 3.63) is 11.9 Å². The van der Waals surface area contributed by atoms with Crippen LogP contribution >= 0.6 is 0 Å². The summed E-state index contributed by atoms with van der Waals surface area (Å²) >= 11 is 0. The predicted molar refractivity (Wildman–Crippen MR) is 51.4 cm³/mol. The summed E-state index contributed by atoms with van der Waals surface area (Å²) in [6, 6.07) is 0. The quantitative estimate of drug-likeness (QED) is 0.493. The first-order chi connectivity index (χ1) is 7.37. The van der Waals surface area contributed by atoms with Gasteiger partial charge < -0.3 is 9.64 Å². The Morgan fingerprint density at radius 3 is 3.40 bits per heavy atom. The number of allylic oxidation sites excluding steroid dienone is 1. The van der Waals surface area contributed by atoms with Gasteiger partial charge in [-0.15, -0.1) is 0 Å². The van der Waals surface area contributed by atoms with Crippen molar-refractivity contribution in [2.45, 2.75) is 31.1 Å². The Balaban J connectivity index is 1.95. The fourth-order valence-electron chi connectivity index (χ4n) is 2.81. The minimum Gasteiger partial charge on any atom is -0.371 e. The Morgan fingerprint density at radius 1 is 1.60 bits per heavy atom. The lowest BCUT2D eigenvalue weighted by atomic mass is 10.1. The Kier molecular flexibility index (Phi) is 1.97. The van der Waals surface area contributed by atoms with Crippen LogP contribution in [0.5, 0.6) is 0 Å². The van der Waals surface area contributed by atoms with E-state index in [0.717, 1.165) is 37.9 Å². The number of ether oxygens (including phenoxy) is 1. The molecule has 1 spiro atoms. The molecule has 0 aromatic heterocycles. The second-order valence-electron chi connectivity index (χ2n) is 4.14. The van der Waals surface area contributed by atoms with Gasteiger partial charge in [-0.3, -0.25) is 4.79 Å². The third-order valence-corrected chi connectivity index (χ3v) is 3.44. The third kappa shape index (κ3) is 1.13. The summed E-state index contributed by atoms with van der Waals surface area (Å²) < 4.78 is 5.71. The molecule has 5 heteroatoms. The first-order valence-electron chi connectivity index (χ1n) is 5.35. The normalized spacial score (nSPS) is 41.2. The van der Waals surface area contributed by atoms with Crippen LogP contribution in [0.4, 0.5) is 0 Å². The molecule has 1 saturated carbocycles. The lowest BCUT2D eigenvalue weighted by molar-refractivity contribution is -0.209. The van der Waals surface area contributed by atoms with Gasteiger partial charge in [-0.1, -0.05) is 0 Å². The molecule has 3 fully saturated rings. The van der Waals surface area contributed by atoms with Gasteiger partial charge in [0.1, 0.15) is 18.2 Å². The van der Waals surface area contributed by atoms with Gasteiger partial charge in [0.2, 0.25) is 0 Å². The zero-order valence-electron chi connectivity index (χ0n) is 8.44. The average molecular weight is 210 g/mol. The monoisotopic (exact) mass is 210 g/mol. The zero-order valence-corrected chi connectivity index (χ0v) is 8.44. The van der Waals surface area contributed by atoms with Crippen molar-refractivity contribution < 1.29 is 14.4 Å². The van der Waals surface area contributed by atoms with Crippen LogP contribution in [0, 0.1) is 0 Å². The highest BCUT2D eigenvalue weighted by Crippen LogP contribution is 2.44. The topological polar surface area (TPSA) is 50.8 Å². The molecule has 1 aliphatic carbocycles. The summed E-state index contributed by atoms with van der Waals surface area (Å²) in [6.45, 7) is 1.48. The van der Waals surface area contributed by atoms with Gasteiger partial charge >= 0.3 is 0 Å². The number of hydroxylamine groups is 1. The molecule has 3 rings (SSSR count). The molecule has 2 saturated heterocycles. The molecule has 2 aliphatic heterocycles. The number of nitrogens with one attached hydrogen (secondary N) is 1. The average Bonchev–Trinajstić information content (AvgIpc) is 2.81. The van der Waals surface area contributed by atoms with Crippen LogP contribution in [-0.4, -0.2) is 36.2 Å². The van der Waals surface area contributed by atoms with Crippen molar-refractivity contribution in [1.29, 1.82) is 0 Å². The number of hydrogen-bond donors (Lipinski definition) is 1. The molecule has 82 valence electrons. The molecule has 3 aliphatic rings. The molecule has 2 heterocycles. The fourth-order valence-corrected chi connectivity index (χ4v) is 2.81. The fraction of sp³-hybridized carbons (Fsp3) is 0.700. The molecule has 5 nitrogen and oxygen atoms in total. The van der Waals surface area contributed by atoms with Crippen molar-refractivity contribution in [2.24, 2.45) is 0 Å². The van der Waals surface area contributed by atoms with Crippen LogP contribution in [0.25, 0.3) is 0 Å². The van der Waals surface area contributed by atoms with Crippen molar-refractivity contribution in [1.82, 2.24) is 10.4 Å². The predicted octanol–water partition coefficient (Wildman–Crippen LogP) is 0.142. The van der Waals surface area contributed by atoms with Gasteiger partial charge in [0.15, 0.2) is 5.72 Å². The van der Waals surface area contributed by atoms with E-state index in [-0.39, 0.29) is 11.8 Å². The lowest BCUT2D eigenvalue weighted by Crippen LogP contribution is -2.56. The molecule has 0 radical (unpaired) electrons. The van der Waals surface area contributed by atoms with E-state index in [0.29, 0.717) is 6.61 Å². The third-order valence-electron chi connectivity index (χ3n) is 3.44. The second-order valence-corrected chi connectivity index (χ2v) is 4.14. The number of hydrogen-bond acceptors (Lipinski definition) is 5. The van der Waals surface area contributed by atoms with E-state index in [1.54, 1.807) is 0 Å². The molecular weight excluding hydrogens is 196 g/mol. The Morgan fingerprint density at radius 2 is 2.53 bits per heavy atom. The summed E-state index contributed by atoms with van der Waals surface area (Å²) in [5.41, 5.74) is 2.48. The van der Waals surface area contributed by atoms with Crippen LogP contribution in [0.15, 0.2) is 11.9 Å². The molecular formula is C10H14N2O3. The zero-order chi connectivity index (χ0) is 10.3. The molecule has 0 aromatic carbocycles. The van der Waals surface area contributed by atoms with E-state index in [9.17, 15) is 4.79 Å². The molecule has 2 atom stereocenters. The lowest BCUT2D eigenvalue weighted by Gasteiger charge is -2.41. The van der Waals surface area contributed by atoms with Gasteiger partial charge in [-0.25, -0.2) is 10.3 Å². The summed E-state index contributed by atoms with van der Waals surface area (Å²) in [6.07, 6.45) is 5.53. The number of carbonyl (C=O) groups is 1. The summed E-state index contributed by atoms with van der Waals surface area (Å²) in [5, 5.41) is 0. The maximum Gasteiger partial charge on any atom is 0.195 e. The van der Waals surface area contributed by atoms with Crippen LogP contribution in [0.1, 0.15) is 19.3 Å². The smallest absolute Gasteiger partial charge is 0.195 e. The molecule has 0 amide bonds. The van der Waals surface area contributed by atoms with Crippen molar-refractivity contribution in [2.75, 3.05) is 13.2 Å². The van der Waals surface area contributed by atoms with Gasteiger partial charge in [0, 0.05) is 19.0 Å². The van der Waals surface area contributed by atoms with E-state index in [1.165, 1.54) is 6.08 Å². The Hall–Kier alpha value is -1.07. The SMILES string of the molecule is O=CC=C1NOC23CCCC2OCCN13. The second kappa shape index (κ2) is 3.21. The Bertz CT molecular complexity index is 318. The van der Waals surface area contributed by atoms with E-state index in [4.69, 9.17) is 9.57 Å². The van der Waals surface area contributed by atoms with Crippen molar-refractivity contribution in [3.63, 3.8) is 0 Å². The number of nitrogens with zero attached hydrogens (tertiary/aromatic N) is 1. The van der Waals surface area contributed by atoms with E-state index < -0.39 is 0 Å². The van der Waals surface area contributed by atoms with E-state index in [1.807, 2.05) is 0 Å². The number of aldehydes is 1. The van der Waals surface area contributed by atoms with Crippen LogP contribution in [-0.2, 0) is 14.4 Å². The summed E-state index contributed by atoms with van der Waals surface area (Å²) in [4.78, 5) is 18.3. The Labute approximate surface area is 88.0 Å².